The summed E-state index contributed by atoms with van der Waals surface area (Å²) in [6.07, 6.45) is 0. The average Bonchev–Trinajstić information content (AvgIpc) is 2.43. The van der Waals surface area contributed by atoms with Crippen LogP contribution in [0.2, 0.25) is 0 Å². The monoisotopic (exact) mass is 276 g/mol. The first kappa shape index (κ1) is 13.7. The molecule has 0 spiro atoms. The van der Waals surface area contributed by atoms with Crippen LogP contribution in [0.15, 0.2) is 36.4 Å². The van der Waals surface area contributed by atoms with Crippen LogP contribution in [0.1, 0.15) is 10.4 Å². The first-order valence-electron chi connectivity index (χ1n) is 5.74. The summed E-state index contributed by atoms with van der Waals surface area (Å²) < 4.78 is 18.1. The first-order valence-corrected chi connectivity index (χ1v) is 5.74. The van der Waals surface area contributed by atoms with Gasteiger partial charge in [0.25, 0.3) is 5.91 Å². The molecule has 6 heteroatoms. The summed E-state index contributed by atoms with van der Waals surface area (Å²) >= 11 is 0. The second-order valence-corrected chi connectivity index (χ2v) is 4.07. The van der Waals surface area contributed by atoms with Crippen LogP contribution < -0.4 is 15.8 Å². The van der Waals surface area contributed by atoms with E-state index in [1.807, 2.05) is 0 Å². The van der Waals surface area contributed by atoms with Gasteiger partial charge in [0.2, 0.25) is 0 Å². The van der Waals surface area contributed by atoms with Gasteiger partial charge in [0.15, 0.2) is 0 Å². The van der Waals surface area contributed by atoms with Gasteiger partial charge in [0.1, 0.15) is 17.3 Å². The van der Waals surface area contributed by atoms with E-state index in [0.29, 0.717) is 17.1 Å². The highest BCUT2D eigenvalue weighted by molar-refractivity contribution is 6.06. The number of hydrogen-bond acceptors (Lipinski definition) is 4. The molecule has 0 heterocycles. The molecular formula is C14H13FN2O3. The fourth-order valence-corrected chi connectivity index (χ4v) is 1.68. The Labute approximate surface area is 114 Å². The number of nitrogens with two attached hydrogens (primary N) is 1. The number of hydrogen-bond donors (Lipinski definition) is 3. The normalized spacial score (nSPS) is 10.1. The number of halogens is 1. The van der Waals surface area contributed by atoms with Crippen LogP contribution >= 0.6 is 0 Å². The van der Waals surface area contributed by atoms with Crippen molar-refractivity contribution >= 4 is 17.3 Å². The maximum Gasteiger partial charge on any atom is 0.259 e. The van der Waals surface area contributed by atoms with Crippen molar-refractivity contribution in [1.82, 2.24) is 0 Å². The molecule has 0 bridgehead atoms. The van der Waals surface area contributed by atoms with Crippen LogP contribution in [0.25, 0.3) is 0 Å². The van der Waals surface area contributed by atoms with E-state index in [-0.39, 0.29) is 11.3 Å². The Hall–Kier alpha value is -2.76. The van der Waals surface area contributed by atoms with E-state index in [9.17, 15) is 14.3 Å². The Morgan fingerprint density at radius 1 is 1.30 bits per heavy atom. The number of anilines is 2. The van der Waals surface area contributed by atoms with Crippen LogP contribution in [-0.2, 0) is 0 Å². The molecular weight excluding hydrogens is 263 g/mol. The number of phenols is 1. The first-order chi connectivity index (χ1) is 9.51. The second kappa shape index (κ2) is 5.48. The summed E-state index contributed by atoms with van der Waals surface area (Å²) in [5, 5.41) is 12.1. The zero-order chi connectivity index (χ0) is 14.7. The number of carbonyl (C=O) groups is 1. The highest BCUT2D eigenvalue weighted by Crippen LogP contribution is 2.26. The molecule has 0 aliphatic carbocycles. The maximum atomic E-state index is 13.1. The van der Waals surface area contributed by atoms with E-state index in [1.54, 1.807) is 12.1 Å². The number of ether oxygens (including phenoxy) is 1. The van der Waals surface area contributed by atoms with Gasteiger partial charge in [-0.3, -0.25) is 4.79 Å². The topological polar surface area (TPSA) is 84.6 Å². The third-order valence-electron chi connectivity index (χ3n) is 2.69. The van der Waals surface area contributed by atoms with Crippen molar-refractivity contribution in [3.8, 4) is 11.5 Å². The van der Waals surface area contributed by atoms with E-state index in [2.05, 4.69) is 5.32 Å². The number of amides is 1. The molecule has 2 aromatic carbocycles. The van der Waals surface area contributed by atoms with Gasteiger partial charge in [-0.2, -0.15) is 0 Å². The summed E-state index contributed by atoms with van der Waals surface area (Å²) in [4.78, 5) is 12.0. The van der Waals surface area contributed by atoms with Crippen LogP contribution in [0, 0.1) is 5.82 Å². The van der Waals surface area contributed by atoms with Crippen molar-refractivity contribution in [3.05, 3.63) is 47.8 Å². The molecule has 0 aromatic heterocycles. The van der Waals surface area contributed by atoms with Crippen LogP contribution in [0.5, 0.6) is 11.5 Å². The molecule has 2 rings (SSSR count). The molecule has 0 unspecified atom stereocenters. The van der Waals surface area contributed by atoms with Gasteiger partial charge in [-0.15, -0.1) is 0 Å². The Bertz CT molecular complexity index is 659. The molecule has 0 saturated carbocycles. The number of rotatable bonds is 3. The number of aromatic hydroxyl groups is 1. The minimum absolute atomic E-state index is 0.152. The minimum atomic E-state index is -0.631. The number of carbonyl (C=O) groups excluding carboxylic acids is 1. The van der Waals surface area contributed by atoms with Gasteiger partial charge in [-0.05, 0) is 30.3 Å². The molecule has 0 aliphatic rings. The number of benzene rings is 2. The molecule has 0 saturated heterocycles. The molecule has 1 amide bonds. The van der Waals surface area contributed by atoms with Crippen molar-refractivity contribution in [2.24, 2.45) is 0 Å². The van der Waals surface area contributed by atoms with Crippen molar-refractivity contribution in [1.29, 1.82) is 0 Å². The fraction of sp³-hybridized carbons (Fsp3) is 0.0714. The smallest absolute Gasteiger partial charge is 0.259 e. The van der Waals surface area contributed by atoms with Gasteiger partial charge < -0.3 is 20.9 Å². The van der Waals surface area contributed by atoms with Gasteiger partial charge in [0.05, 0.1) is 18.4 Å². The Morgan fingerprint density at radius 3 is 2.75 bits per heavy atom. The largest absolute Gasteiger partial charge is 0.507 e. The zero-order valence-electron chi connectivity index (χ0n) is 10.7. The minimum Gasteiger partial charge on any atom is -0.507 e. The number of phenolic OH excluding ortho intramolecular Hbond substituents is 1. The zero-order valence-corrected chi connectivity index (χ0v) is 10.7. The molecule has 20 heavy (non-hydrogen) atoms. The molecule has 0 fully saturated rings. The molecule has 4 N–H and O–H groups in total. The third kappa shape index (κ3) is 2.80. The van der Waals surface area contributed by atoms with Gasteiger partial charge >= 0.3 is 0 Å². The number of nitrogen functional groups attached to an aromatic ring is 1. The predicted molar refractivity (Wildman–Crippen MR) is 73.4 cm³/mol. The molecule has 5 nitrogen and oxygen atoms in total. The summed E-state index contributed by atoms with van der Waals surface area (Å²) in [6, 6.07) is 7.82. The van der Waals surface area contributed by atoms with E-state index >= 15 is 0 Å². The second-order valence-electron chi connectivity index (χ2n) is 4.07. The van der Waals surface area contributed by atoms with Gasteiger partial charge in [-0.25, -0.2) is 4.39 Å². The quantitative estimate of drug-likeness (QED) is 0.751. The summed E-state index contributed by atoms with van der Waals surface area (Å²) in [5.41, 5.74) is 6.36. The lowest BCUT2D eigenvalue weighted by Gasteiger charge is -2.10. The maximum absolute atomic E-state index is 13.1. The Morgan fingerprint density at radius 2 is 2.05 bits per heavy atom. The molecule has 0 atom stereocenters. The van der Waals surface area contributed by atoms with Gasteiger partial charge in [0, 0.05) is 11.8 Å². The third-order valence-corrected chi connectivity index (χ3v) is 2.69. The fourth-order valence-electron chi connectivity index (χ4n) is 1.68. The predicted octanol–water partition coefficient (Wildman–Crippen LogP) is 2.37. The molecule has 0 aliphatic heterocycles. The summed E-state index contributed by atoms with van der Waals surface area (Å²) in [5.74, 6) is -1.13. The van der Waals surface area contributed by atoms with Crippen molar-refractivity contribution in [2.45, 2.75) is 0 Å². The number of nitrogens with one attached hydrogen (secondary N) is 1. The average molecular weight is 276 g/mol. The van der Waals surface area contributed by atoms with E-state index in [4.69, 9.17) is 10.5 Å². The van der Waals surface area contributed by atoms with Crippen molar-refractivity contribution in [3.63, 3.8) is 0 Å². The van der Waals surface area contributed by atoms with Crippen LogP contribution in [-0.4, -0.2) is 18.1 Å². The van der Waals surface area contributed by atoms with Crippen LogP contribution in [0.4, 0.5) is 15.8 Å². The van der Waals surface area contributed by atoms with Crippen molar-refractivity contribution < 1.29 is 19.0 Å². The lowest BCUT2D eigenvalue weighted by Crippen LogP contribution is -2.12. The lowest BCUT2D eigenvalue weighted by atomic mass is 10.1. The van der Waals surface area contributed by atoms with Crippen LogP contribution in [0.3, 0.4) is 0 Å². The van der Waals surface area contributed by atoms with Gasteiger partial charge in [-0.1, -0.05) is 0 Å². The summed E-state index contributed by atoms with van der Waals surface area (Å²) in [6.45, 7) is 0. The molecule has 0 radical (unpaired) electrons. The Balaban J connectivity index is 2.25. The highest BCUT2D eigenvalue weighted by atomic mass is 19.1. The molecule has 104 valence electrons. The van der Waals surface area contributed by atoms with E-state index < -0.39 is 11.7 Å². The Kier molecular flexibility index (Phi) is 3.74. The van der Waals surface area contributed by atoms with E-state index in [0.717, 1.165) is 18.2 Å². The van der Waals surface area contributed by atoms with E-state index in [1.165, 1.54) is 13.2 Å². The highest BCUT2D eigenvalue weighted by Gasteiger charge is 2.13. The SMILES string of the molecule is COc1cc(NC(=O)c2cc(F)ccc2O)ccc1N. The standard InChI is InChI=1S/C14H13FN2O3/c1-20-13-7-9(3-4-11(13)16)17-14(19)10-6-8(15)2-5-12(10)18/h2-7,18H,16H2,1H3,(H,17,19). The number of methoxy groups -OCH3 is 1. The van der Waals surface area contributed by atoms with Crippen molar-refractivity contribution in [2.75, 3.05) is 18.2 Å². The summed E-state index contributed by atoms with van der Waals surface area (Å²) in [7, 11) is 1.45. The molecule has 2 aromatic rings. The lowest BCUT2D eigenvalue weighted by molar-refractivity contribution is 0.102.